The van der Waals surface area contributed by atoms with Crippen LogP contribution in [0.4, 0.5) is 15.2 Å². The van der Waals surface area contributed by atoms with Crippen LogP contribution >= 0.6 is 11.3 Å². The van der Waals surface area contributed by atoms with Crippen molar-refractivity contribution in [1.82, 2.24) is 10.2 Å². The number of hydrogen-bond acceptors (Lipinski definition) is 5. The largest absolute Gasteiger partial charge is 0.312 e. The van der Waals surface area contributed by atoms with Gasteiger partial charge in [-0.3, -0.25) is 9.59 Å². The second kappa shape index (κ2) is 9.23. The van der Waals surface area contributed by atoms with Crippen molar-refractivity contribution in [3.8, 4) is 0 Å². The molecule has 3 rings (SSSR count). The number of hydrogen-bond donors (Lipinski definition) is 1. The van der Waals surface area contributed by atoms with Crippen LogP contribution in [0, 0.1) is 11.7 Å². The summed E-state index contributed by atoms with van der Waals surface area (Å²) in [6.45, 7) is 4.60. The lowest BCUT2D eigenvalue weighted by Gasteiger charge is -2.16. The molecule has 0 aliphatic carbocycles. The van der Waals surface area contributed by atoms with Crippen LogP contribution in [0.2, 0.25) is 0 Å². The van der Waals surface area contributed by atoms with Gasteiger partial charge in [-0.15, -0.1) is 10.2 Å². The number of rotatable bonds is 8. The van der Waals surface area contributed by atoms with E-state index in [1.54, 1.807) is 17.0 Å². The summed E-state index contributed by atoms with van der Waals surface area (Å²) in [5.74, 6) is -0.477. The van der Waals surface area contributed by atoms with Crippen molar-refractivity contribution in [1.29, 1.82) is 0 Å². The number of nitrogens with zero attached hydrogens (tertiary/aromatic N) is 3. The van der Waals surface area contributed by atoms with Crippen LogP contribution in [-0.4, -0.2) is 28.6 Å². The van der Waals surface area contributed by atoms with Gasteiger partial charge in [0.2, 0.25) is 16.9 Å². The maximum Gasteiger partial charge on any atom is 0.229 e. The first-order chi connectivity index (χ1) is 13.5. The molecule has 1 aliphatic rings. The summed E-state index contributed by atoms with van der Waals surface area (Å²) in [7, 11) is 0. The summed E-state index contributed by atoms with van der Waals surface area (Å²) in [5.41, 5.74) is 0.675. The lowest BCUT2D eigenvalue weighted by atomic mass is 9.99. The van der Waals surface area contributed by atoms with E-state index in [2.05, 4.69) is 22.4 Å². The zero-order valence-electron chi connectivity index (χ0n) is 16.2. The van der Waals surface area contributed by atoms with Gasteiger partial charge in [0, 0.05) is 30.5 Å². The molecule has 0 spiro atoms. The van der Waals surface area contributed by atoms with Crippen molar-refractivity contribution in [3.63, 3.8) is 0 Å². The summed E-state index contributed by atoms with van der Waals surface area (Å²) < 4.78 is 13.1. The first-order valence-corrected chi connectivity index (χ1v) is 10.5. The number of halogens is 1. The van der Waals surface area contributed by atoms with Gasteiger partial charge >= 0.3 is 0 Å². The summed E-state index contributed by atoms with van der Waals surface area (Å²) in [6.07, 6.45) is 4.08. The number of aromatic nitrogens is 2. The number of amides is 2. The van der Waals surface area contributed by atoms with Gasteiger partial charge in [-0.05, 0) is 37.1 Å². The topological polar surface area (TPSA) is 75.2 Å². The van der Waals surface area contributed by atoms with Crippen molar-refractivity contribution in [3.05, 3.63) is 35.1 Å². The summed E-state index contributed by atoms with van der Waals surface area (Å²) in [6, 6.07) is 5.89. The zero-order chi connectivity index (χ0) is 20.1. The predicted molar refractivity (Wildman–Crippen MR) is 108 cm³/mol. The molecular formula is C20H25FN4O2S. The van der Waals surface area contributed by atoms with Gasteiger partial charge in [-0.1, -0.05) is 38.0 Å². The van der Waals surface area contributed by atoms with Gasteiger partial charge in [-0.2, -0.15) is 0 Å². The van der Waals surface area contributed by atoms with Crippen LogP contribution < -0.4 is 10.2 Å². The summed E-state index contributed by atoms with van der Waals surface area (Å²) in [5, 5.41) is 12.4. The summed E-state index contributed by atoms with van der Waals surface area (Å²) >= 11 is 1.32. The van der Waals surface area contributed by atoms with Crippen LogP contribution in [0.5, 0.6) is 0 Å². The second-order valence-corrected chi connectivity index (χ2v) is 8.07. The van der Waals surface area contributed by atoms with Crippen molar-refractivity contribution in [2.75, 3.05) is 16.8 Å². The molecule has 0 saturated carbocycles. The highest BCUT2D eigenvalue weighted by molar-refractivity contribution is 7.15. The summed E-state index contributed by atoms with van der Waals surface area (Å²) in [4.78, 5) is 26.4. The van der Waals surface area contributed by atoms with E-state index in [1.165, 1.54) is 23.5 Å². The fraction of sp³-hybridized carbons (Fsp3) is 0.500. The minimum atomic E-state index is -0.333. The van der Waals surface area contributed by atoms with Crippen molar-refractivity contribution >= 4 is 34.0 Å². The maximum atomic E-state index is 13.1. The van der Waals surface area contributed by atoms with E-state index in [-0.39, 0.29) is 29.5 Å². The number of benzene rings is 1. The van der Waals surface area contributed by atoms with Gasteiger partial charge in [0.15, 0.2) is 0 Å². The molecule has 2 heterocycles. The lowest BCUT2D eigenvalue weighted by Crippen LogP contribution is -2.24. The van der Waals surface area contributed by atoms with Crippen LogP contribution in [0.15, 0.2) is 24.3 Å². The van der Waals surface area contributed by atoms with E-state index in [1.807, 2.05) is 6.92 Å². The number of unbranched alkanes of at least 4 members (excludes halogenated alkanes) is 1. The minimum Gasteiger partial charge on any atom is -0.312 e. The fourth-order valence-corrected chi connectivity index (χ4v) is 4.21. The standard InChI is InChI=1S/C20H25FN4O2S/c1-3-5-6-13(4-2)18(27)22-20-24-23-19(28-20)14-11-17(26)25(12-14)16-9-7-15(21)8-10-16/h7-10,13-14H,3-6,11-12H2,1-2H3,(H,22,24,27). The van der Waals surface area contributed by atoms with Crippen LogP contribution in [0.3, 0.4) is 0 Å². The lowest BCUT2D eigenvalue weighted by molar-refractivity contribution is -0.120. The van der Waals surface area contributed by atoms with Gasteiger partial charge in [0.05, 0.1) is 0 Å². The predicted octanol–water partition coefficient (Wildman–Crippen LogP) is 4.35. The molecule has 0 bridgehead atoms. The first kappa shape index (κ1) is 20.4. The quantitative estimate of drug-likeness (QED) is 0.710. The van der Waals surface area contributed by atoms with E-state index in [0.717, 1.165) is 30.7 Å². The molecule has 0 radical (unpaired) electrons. The smallest absolute Gasteiger partial charge is 0.229 e. The molecule has 1 aromatic carbocycles. The average Bonchev–Trinajstić information content (AvgIpc) is 3.30. The van der Waals surface area contributed by atoms with Crippen molar-refractivity contribution < 1.29 is 14.0 Å². The monoisotopic (exact) mass is 404 g/mol. The molecule has 1 fully saturated rings. The third-order valence-electron chi connectivity index (χ3n) is 5.05. The van der Waals surface area contributed by atoms with Crippen molar-refractivity contribution in [2.45, 2.75) is 51.9 Å². The SMILES string of the molecule is CCCCC(CC)C(=O)Nc1nnc(C2CC(=O)N(c3ccc(F)cc3)C2)s1. The van der Waals surface area contributed by atoms with Gasteiger partial charge in [-0.25, -0.2) is 4.39 Å². The van der Waals surface area contributed by atoms with E-state index in [4.69, 9.17) is 0 Å². The molecule has 1 saturated heterocycles. The van der Waals surface area contributed by atoms with Crippen molar-refractivity contribution in [2.24, 2.45) is 5.92 Å². The molecular weight excluding hydrogens is 379 g/mol. The Balaban J connectivity index is 1.63. The first-order valence-electron chi connectivity index (χ1n) is 9.72. The van der Waals surface area contributed by atoms with Crippen LogP contribution in [0.1, 0.15) is 56.9 Å². The Bertz CT molecular complexity index is 824. The number of carbonyl (C=O) groups is 2. The Morgan fingerprint density at radius 2 is 2.07 bits per heavy atom. The molecule has 2 amide bonds. The molecule has 2 aromatic rings. The number of carbonyl (C=O) groups excluding carboxylic acids is 2. The van der Waals surface area contributed by atoms with E-state index in [0.29, 0.717) is 23.8 Å². The second-order valence-electron chi connectivity index (χ2n) is 7.06. The van der Waals surface area contributed by atoms with Crippen LogP contribution in [-0.2, 0) is 9.59 Å². The van der Waals surface area contributed by atoms with Crippen LogP contribution in [0.25, 0.3) is 0 Å². The van der Waals surface area contributed by atoms with E-state index < -0.39 is 0 Å². The van der Waals surface area contributed by atoms with Gasteiger partial charge < -0.3 is 10.2 Å². The zero-order valence-corrected chi connectivity index (χ0v) is 17.0. The number of nitrogens with one attached hydrogen (secondary N) is 1. The Morgan fingerprint density at radius 1 is 1.32 bits per heavy atom. The highest BCUT2D eigenvalue weighted by Crippen LogP contribution is 2.34. The maximum absolute atomic E-state index is 13.1. The molecule has 28 heavy (non-hydrogen) atoms. The molecule has 150 valence electrons. The average molecular weight is 405 g/mol. The van der Waals surface area contributed by atoms with Gasteiger partial charge in [0.25, 0.3) is 0 Å². The Hall–Kier alpha value is -2.35. The van der Waals surface area contributed by atoms with E-state index >= 15 is 0 Å². The van der Waals surface area contributed by atoms with Gasteiger partial charge in [0.1, 0.15) is 10.8 Å². The minimum absolute atomic E-state index is 0.0191. The number of anilines is 2. The molecule has 2 atom stereocenters. The molecule has 1 aromatic heterocycles. The van der Waals surface area contributed by atoms with E-state index in [9.17, 15) is 14.0 Å². The Kier molecular flexibility index (Phi) is 6.72. The highest BCUT2D eigenvalue weighted by Gasteiger charge is 2.34. The normalized spacial score (nSPS) is 17.8. The Morgan fingerprint density at radius 3 is 2.75 bits per heavy atom. The highest BCUT2D eigenvalue weighted by atomic mass is 32.1. The molecule has 1 N–H and O–H groups in total. The third-order valence-corrected chi connectivity index (χ3v) is 6.05. The fourth-order valence-electron chi connectivity index (χ4n) is 3.37. The molecule has 6 nitrogen and oxygen atoms in total. The molecule has 2 unspecified atom stereocenters. The molecule has 8 heteroatoms. The Labute approximate surface area is 168 Å². The molecule has 1 aliphatic heterocycles. The third kappa shape index (κ3) is 4.73.